The number of carbonyl (C=O) groups is 2. The Bertz CT molecular complexity index is 896. The highest BCUT2D eigenvalue weighted by Gasteiger charge is 2.25. The predicted octanol–water partition coefficient (Wildman–Crippen LogP) is 0.359. The average molecular weight is 410 g/mol. The van der Waals surface area contributed by atoms with E-state index in [0.717, 1.165) is 0 Å². The fourth-order valence-corrected chi connectivity index (χ4v) is 3.79. The zero-order chi connectivity index (χ0) is 20.9. The molecule has 4 rings (SSSR count). The molecule has 0 aliphatic carbocycles. The summed E-state index contributed by atoms with van der Waals surface area (Å²) in [4.78, 5) is 30.7. The molecule has 2 aromatic rings. The van der Waals surface area contributed by atoms with Crippen LogP contribution in [0.4, 0.5) is 0 Å². The summed E-state index contributed by atoms with van der Waals surface area (Å²) in [6.07, 6.45) is 1.41. The van der Waals surface area contributed by atoms with Crippen LogP contribution in [0.25, 0.3) is 0 Å². The maximum Gasteiger partial charge on any atom is 0.269 e. The summed E-state index contributed by atoms with van der Waals surface area (Å²) < 4.78 is 5.26. The van der Waals surface area contributed by atoms with E-state index in [1.165, 1.54) is 23.4 Å². The summed E-state index contributed by atoms with van der Waals surface area (Å²) in [7, 11) is 0. The van der Waals surface area contributed by atoms with Gasteiger partial charge in [0.15, 0.2) is 0 Å². The molecular formula is C22H26N4O4. The minimum absolute atomic E-state index is 0.114. The standard InChI is InChI=1S/C22H26N4O4/c27-20(19-11-15-3-1-2-4-16(15)12-24-19)14-25-21(28)18-6-5-17(13-23-18)22(29)26-7-9-30-10-8-26/h1-6,13,19-20,24,27H,7-12,14H2,(H,25,28). The lowest BCUT2D eigenvalue weighted by molar-refractivity contribution is 0.0302. The number of hydrogen-bond donors (Lipinski definition) is 3. The highest BCUT2D eigenvalue weighted by atomic mass is 16.5. The summed E-state index contributed by atoms with van der Waals surface area (Å²) in [5, 5.41) is 16.5. The second-order valence-electron chi connectivity index (χ2n) is 7.57. The number of ether oxygens (including phenoxy) is 1. The van der Waals surface area contributed by atoms with Crippen molar-refractivity contribution in [2.24, 2.45) is 0 Å². The number of benzene rings is 1. The number of nitrogens with zero attached hydrogens (tertiary/aromatic N) is 2. The Labute approximate surface area is 175 Å². The van der Waals surface area contributed by atoms with Crippen molar-refractivity contribution in [2.75, 3.05) is 32.8 Å². The number of hydrogen-bond acceptors (Lipinski definition) is 6. The van der Waals surface area contributed by atoms with Gasteiger partial charge in [-0.1, -0.05) is 24.3 Å². The third kappa shape index (κ3) is 4.67. The Hall–Kier alpha value is -2.81. The van der Waals surface area contributed by atoms with Gasteiger partial charge < -0.3 is 25.4 Å². The van der Waals surface area contributed by atoms with Crippen molar-refractivity contribution >= 4 is 11.8 Å². The number of carbonyl (C=O) groups excluding carboxylic acids is 2. The van der Waals surface area contributed by atoms with Crippen molar-refractivity contribution in [1.29, 1.82) is 0 Å². The highest BCUT2D eigenvalue weighted by molar-refractivity contribution is 5.96. The van der Waals surface area contributed by atoms with Crippen molar-refractivity contribution < 1.29 is 19.4 Å². The lowest BCUT2D eigenvalue weighted by atomic mass is 9.93. The van der Waals surface area contributed by atoms with Crippen LogP contribution in [0.3, 0.4) is 0 Å². The molecule has 0 saturated carbocycles. The molecule has 3 heterocycles. The molecule has 2 aliphatic heterocycles. The Balaban J connectivity index is 1.29. The van der Waals surface area contributed by atoms with Gasteiger partial charge in [0.25, 0.3) is 11.8 Å². The molecular weight excluding hydrogens is 384 g/mol. The molecule has 8 nitrogen and oxygen atoms in total. The first-order valence-electron chi connectivity index (χ1n) is 10.2. The van der Waals surface area contributed by atoms with Gasteiger partial charge in [0.05, 0.1) is 24.9 Å². The van der Waals surface area contributed by atoms with Crippen LogP contribution >= 0.6 is 0 Å². The minimum atomic E-state index is -0.718. The first kappa shape index (κ1) is 20.5. The Morgan fingerprint density at radius 1 is 1.20 bits per heavy atom. The van der Waals surface area contributed by atoms with Gasteiger partial charge in [-0.3, -0.25) is 14.6 Å². The van der Waals surface area contributed by atoms with E-state index in [1.807, 2.05) is 12.1 Å². The summed E-state index contributed by atoms with van der Waals surface area (Å²) in [5.74, 6) is -0.493. The topological polar surface area (TPSA) is 104 Å². The van der Waals surface area contributed by atoms with E-state index in [4.69, 9.17) is 4.74 Å². The first-order valence-corrected chi connectivity index (χ1v) is 10.2. The number of aliphatic hydroxyl groups is 1. The van der Waals surface area contributed by atoms with Crippen molar-refractivity contribution in [3.63, 3.8) is 0 Å². The lowest BCUT2D eigenvalue weighted by Crippen LogP contribution is -2.49. The largest absolute Gasteiger partial charge is 0.390 e. The normalized spacial score (nSPS) is 19.6. The van der Waals surface area contributed by atoms with Crippen LogP contribution in [-0.4, -0.2) is 71.8 Å². The third-order valence-corrected chi connectivity index (χ3v) is 5.59. The molecule has 2 aliphatic rings. The maximum atomic E-state index is 12.4. The molecule has 1 aromatic carbocycles. The van der Waals surface area contributed by atoms with E-state index in [0.29, 0.717) is 44.8 Å². The monoisotopic (exact) mass is 410 g/mol. The number of rotatable bonds is 5. The third-order valence-electron chi connectivity index (χ3n) is 5.59. The molecule has 0 radical (unpaired) electrons. The first-order chi connectivity index (χ1) is 14.6. The summed E-state index contributed by atoms with van der Waals surface area (Å²) in [6, 6.07) is 11.2. The number of pyridine rings is 1. The van der Waals surface area contributed by atoms with Gasteiger partial charge in [0.1, 0.15) is 5.69 Å². The van der Waals surface area contributed by atoms with E-state index in [2.05, 4.69) is 27.8 Å². The average Bonchev–Trinajstić information content (AvgIpc) is 2.82. The number of nitrogens with one attached hydrogen (secondary N) is 2. The van der Waals surface area contributed by atoms with Gasteiger partial charge >= 0.3 is 0 Å². The molecule has 3 N–H and O–H groups in total. The second kappa shape index (κ2) is 9.34. The van der Waals surface area contributed by atoms with E-state index in [1.54, 1.807) is 11.0 Å². The van der Waals surface area contributed by atoms with Gasteiger partial charge in [-0.05, 0) is 29.7 Å². The van der Waals surface area contributed by atoms with E-state index in [9.17, 15) is 14.7 Å². The quantitative estimate of drug-likeness (QED) is 0.658. The highest BCUT2D eigenvalue weighted by Crippen LogP contribution is 2.17. The van der Waals surface area contributed by atoms with E-state index < -0.39 is 6.10 Å². The van der Waals surface area contributed by atoms with Gasteiger partial charge in [0.2, 0.25) is 0 Å². The Morgan fingerprint density at radius 3 is 2.70 bits per heavy atom. The van der Waals surface area contributed by atoms with Gasteiger partial charge in [-0.25, -0.2) is 0 Å². The van der Waals surface area contributed by atoms with E-state index in [-0.39, 0.29) is 30.1 Å². The van der Waals surface area contributed by atoms with Crippen LogP contribution in [0.5, 0.6) is 0 Å². The molecule has 2 unspecified atom stereocenters. The maximum absolute atomic E-state index is 12.4. The van der Waals surface area contributed by atoms with Crippen LogP contribution in [0.15, 0.2) is 42.6 Å². The summed E-state index contributed by atoms with van der Waals surface area (Å²) >= 11 is 0. The predicted molar refractivity (Wildman–Crippen MR) is 110 cm³/mol. The zero-order valence-electron chi connectivity index (χ0n) is 16.7. The SMILES string of the molecule is O=C(NCC(O)C1Cc2ccccc2CN1)c1ccc(C(=O)N2CCOCC2)cn1. The molecule has 0 spiro atoms. The lowest BCUT2D eigenvalue weighted by Gasteiger charge is -2.30. The number of fused-ring (bicyclic) bond motifs is 1. The molecule has 1 aromatic heterocycles. The van der Waals surface area contributed by atoms with Crippen molar-refractivity contribution in [3.05, 3.63) is 65.0 Å². The van der Waals surface area contributed by atoms with Crippen LogP contribution < -0.4 is 10.6 Å². The van der Waals surface area contributed by atoms with Gasteiger partial charge in [-0.2, -0.15) is 0 Å². The smallest absolute Gasteiger partial charge is 0.269 e. The van der Waals surface area contributed by atoms with Gasteiger partial charge in [-0.15, -0.1) is 0 Å². The number of aromatic nitrogens is 1. The zero-order valence-corrected chi connectivity index (χ0v) is 16.7. The molecule has 1 saturated heterocycles. The van der Waals surface area contributed by atoms with Crippen molar-refractivity contribution in [2.45, 2.75) is 25.1 Å². The molecule has 1 fully saturated rings. The molecule has 8 heteroatoms. The number of morpholine rings is 1. The van der Waals surface area contributed by atoms with E-state index >= 15 is 0 Å². The summed E-state index contributed by atoms with van der Waals surface area (Å²) in [6.45, 7) is 2.99. The second-order valence-corrected chi connectivity index (χ2v) is 7.57. The van der Waals surface area contributed by atoms with Crippen LogP contribution in [0.1, 0.15) is 32.0 Å². The molecule has 158 valence electrons. The van der Waals surface area contributed by atoms with Gasteiger partial charge in [0, 0.05) is 38.4 Å². The van der Waals surface area contributed by atoms with Crippen molar-refractivity contribution in [1.82, 2.24) is 20.5 Å². The van der Waals surface area contributed by atoms with Crippen LogP contribution in [0, 0.1) is 0 Å². The Kier molecular flexibility index (Phi) is 6.37. The number of amides is 2. The molecule has 30 heavy (non-hydrogen) atoms. The molecule has 0 bridgehead atoms. The molecule has 2 atom stereocenters. The number of aliphatic hydroxyl groups excluding tert-OH is 1. The molecule has 2 amide bonds. The summed E-state index contributed by atoms with van der Waals surface area (Å²) in [5.41, 5.74) is 3.11. The van der Waals surface area contributed by atoms with Crippen molar-refractivity contribution in [3.8, 4) is 0 Å². The Morgan fingerprint density at radius 2 is 1.97 bits per heavy atom. The fourth-order valence-electron chi connectivity index (χ4n) is 3.79. The van der Waals surface area contributed by atoms with Crippen LogP contribution in [0.2, 0.25) is 0 Å². The van der Waals surface area contributed by atoms with Crippen LogP contribution in [-0.2, 0) is 17.7 Å². The minimum Gasteiger partial charge on any atom is -0.390 e. The fraction of sp³-hybridized carbons (Fsp3) is 0.409.